The van der Waals surface area contributed by atoms with E-state index in [1.54, 1.807) is 12.1 Å². The second-order valence-electron chi connectivity index (χ2n) is 11.7. The molecule has 45 heavy (non-hydrogen) atoms. The number of amides is 1. The number of Topliss-reactive ketones (excluding diaryl/α,β-unsaturated/α-hetero) is 1. The van der Waals surface area contributed by atoms with E-state index in [0.717, 1.165) is 16.9 Å². The fourth-order valence-electron chi connectivity index (χ4n) is 6.05. The Kier molecular flexibility index (Phi) is 7.67. The maximum absolute atomic E-state index is 13.7. The molecule has 0 bridgehead atoms. The van der Waals surface area contributed by atoms with E-state index in [0.29, 0.717) is 38.7 Å². The largest absolute Gasteiger partial charge is 0.507 e. The number of carbonyl (C=O) groups excluding carboxylic acids is 2. The van der Waals surface area contributed by atoms with Gasteiger partial charge in [0.2, 0.25) is 5.13 Å². The van der Waals surface area contributed by atoms with Gasteiger partial charge in [-0.2, -0.15) is 0 Å². The van der Waals surface area contributed by atoms with Gasteiger partial charge in [-0.05, 0) is 64.1 Å². The fraction of sp³-hybridized carbons (Fsp3) is 0.222. The summed E-state index contributed by atoms with van der Waals surface area (Å²) in [5.41, 5.74) is 4.47. The van der Waals surface area contributed by atoms with E-state index in [1.807, 2.05) is 55.5 Å². The highest BCUT2D eigenvalue weighted by Gasteiger charge is 2.48. The monoisotopic (exact) mass is 633 g/mol. The number of aromatic nitrogens is 2. The average Bonchev–Trinajstić information content (AvgIpc) is 3.74. The summed E-state index contributed by atoms with van der Waals surface area (Å²) in [5.74, 6) is 0.0418. The van der Waals surface area contributed by atoms with Crippen LogP contribution in [0.25, 0.3) is 16.5 Å². The van der Waals surface area contributed by atoms with Gasteiger partial charge in [0.25, 0.3) is 5.78 Å². The molecule has 1 amide bonds. The van der Waals surface area contributed by atoms with Crippen molar-refractivity contribution in [2.75, 3.05) is 4.90 Å². The molecule has 7 rings (SSSR count). The average molecular weight is 634 g/mol. The maximum Gasteiger partial charge on any atom is 0.301 e. The number of hydrogen-bond donors (Lipinski definition) is 1. The third-order valence-electron chi connectivity index (χ3n) is 8.37. The molecule has 0 aliphatic carbocycles. The molecule has 9 heteroatoms. The second-order valence-corrected chi connectivity index (χ2v) is 13.9. The molecule has 2 aliphatic heterocycles. The van der Waals surface area contributed by atoms with Crippen LogP contribution in [0.4, 0.5) is 5.13 Å². The van der Waals surface area contributed by atoms with Gasteiger partial charge in [-0.3, -0.25) is 14.5 Å². The van der Waals surface area contributed by atoms with E-state index < -0.39 is 17.7 Å². The van der Waals surface area contributed by atoms with Gasteiger partial charge in [0.05, 0.1) is 11.6 Å². The molecule has 0 spiro atoms. The number of aliphatic hydroxyl groups is 1. The zero-order valence-corrected chi connectivity index (χ0v) is 26.7. The molecule has 1 fully saturated rings. The number of ether oxygens (including phenoxy) is 1. The quantitative estimate of drug-likeness (QED) is 0.0637. The molecule has 7 nitrogen and oxygen atoms in total. The van der Waals surface area contributed by atoms with Gasteiger partial charge < -0.3 is 9.84 Å². The number of anilines is 1. The molecule has 3 heterocycles. The summed E-state index contributed by atoms with van der Waals surface area (Å²) in [4.78, 5) is 28.8. The molecule has 0 saturated carbocycles. The van der Waals surface area contributed by atoms with Gasteiger partial charge in [-0.1, -0.05) is 104 Å². The third kappa shape index (κ3) is 5.40. The first-order chi connectivity index (χ1) is 21.8. The Bertz CT molecular complexity index is 1980. The highest BCUT2D eigenvalue weighted by molar-refractivity contribution is 8.00. The van der Waals surface area contributed by atoms with Crippen molar-refractivity contribution < 1.29 is 19.4 Å². The van der Waals surface area contributed by atoms with E-state index in [9.17, 15) is 14.7 Å². The third-order valence-corrected chi connectivity index (χ3v) is 10.5. The molecule has 2 atom stereocenters. The van der Waals surface area contributed by atoms with E-state index in [2.05, 4.69) is 48.3 Å². The van der Waals surface area contributed by atoms with Crippen LogP contribution in [-0.4, -0.2) is 33.1 Å². The molecule has 0 radical (unpaired) electrons. The van der Waals surface area contributed by atoms with Gasteiger partial charge in [0, 0.05) is 17.7 Å². The van der Waals surface area contributed by atoms with Crippen molar-refractivity contribution in [3.63, 3.8) is 0 Å². The van der Waals surface area contributed by atoms with Crippen molar-refractivity contribution in [3.05, 3.63) is 118 Å². The molecule has 226 valence electrons. The lowest BCUT2D eigenvalue weighted by molar-refractivity contribution is -0.132. The van der Waals surface area contributed by atoms with Crippen LogP contribution in [-0.2, 0) is 21.8 Å². The topological polar surface area (TPSA) is 92.6 Å². The summed E-state index contributed by atoms with van der Waals surface area (Å²) in [6, 6.07) is 26.8. The Balaban J connectivity index is 1.26. The zero-order valence-electron chi connectivity index (χ0n) is 25.1. The molecule has 2 aliphatic rings. The van der Waals surface area contributed by atoms with Crippen LogP contribution < -0.4 is 9.64 Å². The predicted octanol–water partition coefficient (Wildman–Crippen LogP) is 8.06. The zero-order chi connectivity index (χ0) is 31.2. The Morgan fingerprint density at radius 2 is 1.80 bits per heavy atom. The van der Waals surface area contributed by atoms with Crippen molar-refractivity contribution in [3.8, 4) is 5.75 Å². The number of hydrogen-bond acceptors (Lipinski definition) is 8. The summed E-state index contributed by atoms with van der Waals surface area (Å²) in [7, 11) is 0. The SMILES string of the molecule is CC(C)c1ccc([C@H]2/C(=C(\O)c3ccc4c(c3)C[C@H](C)O4)C(=O)C(=O)N2c2nnc(SCc3cccc4ccccc34)s2)cc1. The normalized spacial score (nSPS) is 19.0. The first-order valence-corrected chi connectivity index (χ1v) is 16.7. The van der Waals surface area contributed by atoms with Crippen LogP contribution in [0.2, 0.25) is 0 Å². The number of rotatable bonds is 7. The molecule has 0 unspecified atom stereocenters. The number of thioether (sulfide) groups is 1. The molecular weight excluding hydrogens is 603 g/mol. The van der Waals surface area contributed by atoms with Crippen LogP contribution in [0, 0.1) is 0 Å². The highest BCUT2D eigenvalue weighted by atomic mass is 32.2. The van der Waals surface area contributed by atoms with E-state index in [4.69, 9.17) is 4.74 Å². The minimum atomic E-state index is -0.862. The number of nitrogens with zero attached hydrogens (tertiary/aromatic N) is 3. The smallest absolute Gasteiger partial charge is 0.301 e. The number of ketones is 1. The van der Waals surface area contributed by atoms with Crippen LogP contribution in [0.1, 0.15) is 60.5 Å². The number of carbonyl (C=O) groups is 2. The van der Waals surface area contributed by atoms with Crippen molar-refractivity contribution >= 4 is 56.5 Å². The van der Waals surface area contributed by atoms with E-state index >= 15 is 0 Å². The summed E-state index contributed by atoms with van der Waals surface area (Å²) in [6.07, 6.45) is 0.738. The second kappa shape index (κ2) is 11.8. The van der Waals surface area contributed by atoms with E-state index in [1.165, 1.54) is 44.3 Å². The lowest BCUT2D eigenvalue weighted by atomic mass is 9.93. The molecule has 4 aromatic carbocycles. The summed E-state index contributed by atoms with van der Waals surface area (Å²) < 4.78 is 6.51. The van der Waals surface area contributed by atoms with Crippen LogP contribution in [0.3, 0.4) is 0 Å². The molecule has 1 N–H and O–H groups in total. The molecular formula is C36H31N3O4S2. The first-order valence-electron chi connectivity index (χ1n) is 14.9. The van der Waals surface area contributed by atoms with Crippen LogP contribution in [0.15, 0.2) is 94.8 Å². The van der Waals surface area contributed by atoms with Crippen molar-refractivity contribution in [1.29, 1.82) is 0 Å². The van der Waals surface area contributed by atoms with Crippen molar-refractivity contribution in [2.24, 2.45) is 0 Å². The summed E-state index contributed by atoms with van der Waals surface area (Å²) >= 11 is 2.80. The van der Waals surface area contributed by atoms with Crippen molar-refractivity contribution in [1.82, 2.24) is 10.2 Å². The molecule has 1 aromatic heterocycles. The van der Waals surface area contributed by atoms with E-state index in [-0.39, 0.29) is 17.4 Å². The van der Waals surface area contributed by atoms with Crippen LogP contribution in [0.5, 0.6) is 5.75 Å². The predicted molar refractivity (Wildman–Crippen MR) is 179 cm³/mol. The van der Waals surface area contributed by atoms with Crippen molar-refractivity contribution in [2.45, 2.75) is 55.3 Å². The molecule has 1 saturated heterocycles. The Labute approximate surface area is 269 Å². The number of aliphatic hydroxyl groups excluding tert-OH is 1. The van der Waals surface area contributed by atoms with Crippen LogP contribution >= 0.6 is 23.1 Å². The summed E-state index contributed by atoms with van der Waals surface area (Å²) in [5, 5.41) is 23.1. The lowest BCUT2D eigenvalue weighted by Gasteiger charge is -2.23. The van der Waals surface area contributed by atoms with Gasteiger partial charge in [-0.25, -0.2) is 0 Å². The Morgan fingerprint density at radius 3 is 2.60 bits per heavy atom. The minimum absolute atomic E-state index is 0.0318. The Hall–Kier alpha value is -4.47. The van der Waals surface area contributed by atoms with Gasteiger partial charge in [0.1, 0.15) is 17.6 Å². The number of fused-ring (bicyclic) bond motifs is 2. The standard InChI is InChI=1S/C36H31N3O4S2/c1-20(2)22-11-13-24(14-12-22)31-30(32(40)25-15-16-29-27(18-25)17-21(3)43-29)33(41)34(42)39(31)35-37-38-36(45-35)44-19-26-9-6-8-23-7-4-5-10-28(23)26/h4-16,18,20-21,31,40H,17,19H2,1-3H3/b32-30+/t21-,31-/m0/s1. The van der Waals surface area contributed by atoms with Gasteiger partial charge >= 0.3 is 5.91 Å². The highest BCUT2D eigenvalue weighted by Crippen LogP contribution is 2.45. The molecule has 5 aromatic rings. The number of benzene rings is 4. The summed E-state index contributed by atoms with van der Waals surface area (Å²) in [6.45, 7) is 6.21. The van der Waals surface area contributed by atoms with Gasteiger partial charge in [0.15, 0.2) is 4.34 Å². The van der Waals surface area contributed by atoms with Gasteiger partial charge in [-0.15, -0.1) is 10.2 Å². The fourth-order valence-corrected chi connectivity index (χ4v) is 7.92. The first kappa shape index (κ1) is 29.3. The minimum Gasteiger partial charge on any atom is -0.507 e. The Morgan fingerprint density at radius 1 is 1.02 bits per heavy atom. The lowest BCUT2D eigenvalue weighted by Crippen LogP contribution is -2.29. The maximum atomic E-state index is 13.7.